The molecule has 1 rings (SSSR count). The molecule has 0 radical (unpaired) electrons. The molecule has 0 aromatic heterocycles. The van der Waals surface area contributed by atoms with Gasteiger partial charge in [0.05, 0.1) is 4.47 Å². The minimum atomic E-state index is -0.185. The fourth-order valence-electron chi connectivity index (χ4n) is 1.93. The SMILES string of the molecule is CCCNC(Cc1cccc(F)c1Br)C(C)(C)C. The summed E-state index contributed by atoms with van der Waals surface area (Å²) in [6.45, 7) is 9.80. The van der Waals surface area contributed by atoms with E-state index in [-0.39, 0.29) is 11.2 Å². The molecule has 1 N–H and O–H groups in total. The molecule has 0 saturated heterocycles. The van der Waals surface area contributed by atoms with Crippen molar-refractivity contribution in [2.24, 2.45) is 5.41 Å². The predicted molar refractivity (Wildman–Crippen MR) is 79.3 cm³/mol. The fourth-order valence-corrected chi connectivity index (χ4v) is 2.36. The summed E-state index contributed by atoms with van der Waals surface area (Å²) in [7, 11) is 0. The lowest BCUT2D eigenvalue weighted by Gasteiger charge is -2.32. The van der Waals surface area contributed by atoms with Crippen molar-refractivity contribution in [1.29, 1.82) is 0 Å². The first-order valence-electron chi connectivity index (χ1n) is 6.52. The van der Waals surface area contributed by atoms with Crippen LogP contribution >= 0.6 is 15.9 Å². The highest BCUT2D eigenvalue weighted by Crippen LogP contribution is 2.27. The molecule has 0 saturated carbocycles. The molecule has 1 aromatic carbocycles. The van der Waals surface area contributed by atoms with Crippen molar-refractivity contribution in [1.82, 2.24) is 5.32 Å². The van der Waals surface area contributed by atoms with Gasteiger partial charge < -0.3 is 5.32 Å². The molecule has 0 spiro atoms. The number of nitrogens with one attached hydrogen (secondary N) is 1. The summed E-state index contributed by atoms with van der Waals surface area (Å²) in [6.07, 6.45) is 1.94. The molecule has 0 aliphatic heterocycles. The van der Waals surface area contributed by atoms with Gasteiger partial charge in [0, 0.05) is 6.04 Å². The molecule has 0 fully saturated rings. The van der Waals surface area contributed by atoms with E-state index in [2.05, 4.69) is 48.9 Å². The van der Waals surface area contributed by atoms with Gasteiger partial charge in [-0.1, -0.05) is 39.8 Å². The lowest BCUT2D eigenvalue weighted by Crippen LogP contribution is -2.42. The Hall–Kier alpha value is -0.410. The van der Waals surface area contributed by atoms with E-state index in [1.807, 2.05) is 6.07 Å². The maximum Gasteiger partial charge on any atom is 0.137 e. The quantitative estimate of drug-likeness (QED) is 0.840. The van der Waals surface area contributed by atoms with Gasteiger partial charge in [-0.25, -0.2) is 4.39 Å². The summed E-state index contributed by atoms with van der Waals surface area (Å²) in [4.78, 5) is 0. The van der Waals surface area contributed by atoms with E-state index >= 15 is 0 Å². The van der Waals surface area contributed by atoms with Crippen LogP contribution in [-0.2, 0) is 6.42 Å². The van der Waals surface area contributed by atoms with E-state index < -0.39 is 0 Å². The Morgan fingerprint density at radius 3 is 2.56 bits per heavy atom. The smallest absolute Gasteiger partial charge is 0.137 e. The van der Waals surface area contributed by atoms with Crippen molar-refractivity contribution in [2.45, 2.75) is 46.6 Å². The second kappa shape index (κ2) is 6.67. The van der Waals surface area contributed by atoms with Crippen LogP contribution in [0.25, 0.3) is 0 Å². The van der Waals surface area contributed by atoms with Crippen molar-refractivity contribution in [3.63, 3.8) is 0 Å². The molecule has 102 valence electrons. The molecule has 1 aromatic rings. The summed E-state index contributed by atoms with van der Waals surface area (Å²) in [5.41, 5.74) is 1.18. The highest BCUT2D eigenvalue weighted by molar-refractivity contribution is 9.10. The molecule has 3 heteroatoms. The van der Waals surface area contributed by atoms with Gasteiger partial charge in [0.2, 0.25) is 0 Å². The molecule has 18 heavy (non-hydrogen) atoms. The van der Waals surface area contributed by atoms with Crippen molar-refractivity contribution in [2.75, 3.05) is 6.54 Å². The third-order valence-corrected chi connectivity index (χ3v) is 4.03. The molecular weight excluding hydrogens is 293 g/mol. The average Bonchev–Trinajstić information content (AvgIpc) is 2.28. The predicted octanol–water partition coefficient (Wildman–Crippen LogP) is 4.55. The van der Waals surface area contributed by atoms with Crippen LogP contribution in [-0.4, -0.2) is 12.6 Å². The van der Waals surface area contributed by atoms with Gasteiger partial charge in [-0.3, -0.25) is 0 Å². The zero-order chi connectivity index (χ0) is 13.8. The van der Waals surface area contributed by atoms with Crippen molar-refractivity contribution < 1.29 is 4.39 Å². The highest BCUT2D eigenvalue weighted by Gasteiger charge is 2.25. The number of rotatable bonds is 5. The van der Waals surface area contributed by atoms with Gasteiger partial charge in [0.25, 0.3) is 0 Å². The molecule has 0 aliphatic rings. The standard InChI is InChI=1S/C15H23BrFN/c1-5-9-18-13(15(2,3)4)10-11-7-6-8-12(17)14(11)16/h6-8,13,18H,5,9-10H2,1-4H3. The number of hydrogen-bond acceptors (Lipinski definition) is 1. The summed E-state index contributed by atoms with van der Waals surface area (Å²) in [5, 5.41) is 3.56. The Morgan fingerprint density at radius 1 is 1.33 bits per heavy atom. The van der Waals surface area contributed by atoms with Gasteiger partial charge in [-0.05, 0) is 52.4 Å². The van der Waals surface area contributed by atoms with Crippen LogP contribution in [0.3, 0.4) is 0 Å². The monoisotopic (exact) mass is 315 g/mol. The van der Waals surface area contributed by atoms with Crippen LogP contribution in [0.5, 0.6) is 0 Å². The molecule has 0 amide bonds. The van der Waals surface area contributed by atoms with Crippen LogP contribution < -0.4 is 5.32 Å². The summed E-state index contributed by atoms with van der Waals surface area (Å²) in [6, 6.07) is 5.59. The number of hydrogen-bond donors (Lipinski definition) is 1. The van der Waals surface area contributed by atoms with E-state index in [9.17, 15) is 4.39 Å². The largest absolute Gasteiger partial charge is 0.313 e. The maximum absolute atomic E-state index is 13.5. The normalized spacial score (nSPS) is 13.7. The number of halogens is 2. The summed E-state index contributed by atoms with van der Waals surface area (Å²) < 4.78 is 14.1. The lowest BCUT2D eigenvalue weighted by atomic mass is 9.83. The van der Waals surface area contributed by atoms with E-state index in [1.165, 1.54) is 6.07 Å². The molecule has 0 aliphatic carbocycles. The van der Waals surface area contributed by atoms with Crippen molar-refractivity contribution in [3.05, 3.63) is 34.1 Å². The fraction of sp³-hybridized carbons (Fsp3) is 0.600. The topological polar surface area (TPSA) is 12.0 Å². The van der Waals surface area contributed by atoms with Crippen LogP contribution in [0.2, 0.25) is 0 Å². The van der Waals surface area contributed by atoms with E-state index in [0.717, 1.165) is 24.9 Å². The third kappa shape index (κ3) is 4.36. The third-order valence-electron chi connectivity index (χ3n) is 3.14. The molecule has 0 heterocycles. The van der Waals surface area contributed by atoms with Crippen molar-refractivity contribution >= 4 is 15.9 Å². The average molecular weight is 316 g/mol. The molecule has 1 nitrogen and oxygen atoms in total. The first-order chi connectivity index (χ1) is 8.36. The van der Waals surface area contributed by atoms with Crippen LogP contribution in [0.15, 0.2) is 22.7 Å². The van der Waals surface area contributed by atoms with Crippen LogP contribution in [0, 0.1) is 11.2 Å². The Balaban J connectivity index is 2.86. The van der Waals surface area contributed by atoms with Gasteiger partial charge >= 0.3 is 0 Å². The number of benzene rings is 1. The molecular formula is C15H23BrFN. The van der Waals surface area contributed by atoms with E-state index in [4.69, 9.17) is 0 Å². The first-order valence-corrected chi connectivity index (χ1v) is 7.31. The van der Waals surface area contributed by atoms with Gasteiger partial charge in [-0.2, -0.15) is 0 Å². The Kier molecular flexibility index (Phi) is 5.80. The zero-order valence-electron chi connectivity index (χ0n) is 11.7. The lowest BCUT2D eigenvalue weighted by molar-refractivity contribution is 0.266. The zero-order valence-corrected chi connectivity index (χ0v) is 13.3. The van der Waals surface area contributed by atoms with Crippen LogP contribution in [0.4, 0.5) is 4.39 Å². The Bertz CT molecular complexity index is 385. The van der Waals surface area contributed by atoms with Crippen LogP contribution in [0.1, 0.15) is 39.7 Å². The highest BCUT2D eigenvalue weighted by atomic mass is 79.9. The second-order valence-electron chi connectivity index (χ2n) is 5.79. The summed E-state index contributed by atoms with van der Waals surface area (Å²) in [5.74, 6) is -0.185. The molecule has 1 atom stereocenters. The minimum Gasteiger partial charge on any atom is -0.313 e. The minimum absolute atomic E-state index is 0.154. The van der Waals surface area contributed by atoms with Crippen molar-refractivity contribution in [3.8, 4) is 0 Å². The summed E-state index contributed by atoms with van der Waals surface area (Å²) >= 11 is 3.34. The first kappa shape index (κ1) is 15.6. The molecule has 1 unspecified atom stereocenters. The Labute approximate surface area is 118 Å². The molecule has 0 bridgehead atoms. The van der Waals surface area contributed by atoms with E-state index in [1.54, 1.807) is 6.07 Å². The van der Waals surface area contributed by atoms with Gasteiger partial charge in [0.1, 0.15) is 5.82 Å². The maximum atomic E-state index is 13.5. The van der Waals surface area contributed by atoms with Gasteiger partial charge in [0.15, 0.2) is 0 Å². The Morgan fingerprint density at radius 2 is 2.00 bits per heavy atom. The second-order valence-corrected chi connectivity index (χ2v) is 6.58. The van der Waals surface area contributed by atoms with E-state index in [0.29, 0.717) is 10.5 Å². The van der Waals surface area contributed by atoms with Gasteiger partial charge in [-0.15, -0.1) is 0 Å².